The first-order chi connectivity index (χ1) is 15.0. The molecule has 5 unspecified atom stereocenters. The fourth-order valence-electron chi connectivity index (χ4n) is 2.91. The molecule has 0 saturated heterocycles. The first kappa shape index (κ1) is 27.0. The molecule has 3 amide bonds. The van der Waals surface area contributed by atoms with Crippen molar-refractivity contribution < 1.29 is 29.4 Å². The summed E-state index contributed by atoms with van der Waals surface area (Å²) in [5.74, 6) is -3.92. The Kier molecular flexibility index (Phi) is 10.8. The number of aliphatic carboxylic acids is 1. The van der Waals surface area contributed by atoms with Crippen LogP contribution >= 0.6 is 0 Å². The molecule has 12 heteroatoms. The molecule has 1 heterocycles. The average Bonchev–Trinajstić information content (AvgIpc) is 3.25. The monoisotopic (exact) mass is 454 g/mol. The Morgan fingerprint density at radius 1 is 1.06 bits per heavy atom. The minimum absolute atomic E-state index is 0.202. The highest BCUT2D eigenvalue weighted by molar-refractivity contribution is 5.94. The number of rotatable bonds is 13. The molecule has 0 fully saturated rings. The molecule has 0 aliphatic heterocycles. The molecule has 5 atom stereocenters. The molecule has 0 aromatic carbocycles. The van der Waals surface area contributed by atoms with Gasteiger partial charge < -0.3 is 36.9 Å². The second-order valence-electron chi connectivity index (χ2n) is 8.07. The predicted octanol–water partition coefficient (Wildman–Crippen LogP) is -1.49. The summed E-state index contributed by atoms with van der Waals surface area (Å²) in [5, 5.41) is 25.7. The number of carboxylic acid groups (broad SMARTS) is 1. The van der Waals surface area contributed by atoms with E-state index in [1.54, 1.807) is 27.0 Å². The summed E-state index contributed by atoms with van der Waals surface area (Å²) in [5.41, 5.74) is 6.61. The zero-order valence-electron chi connectivity index (χ0n) is 18.8. The summed E-state index contributed by atoms with van der Waals surface area (Å²) < 4.78 is 0. The molecule has 0 saturated carbocycles. The van der Waals surface area contributed by atoms with Crippen LogP contribution in [0.25, 0.3) is 0 Å². The molecule has 1 aromatic rings. The average molecular weight is 455 g/mol. The fourth-order valence-corrected chi connectivity index (χ4v) is 2.91. The van der Waals surface area contributed by atoms with Gasteiger partial charge in [0.2, 0.25) is 17.7 Å². The summed E-state index contributed by atoms with van der Waals surface area (Å²) in [6.07, 6.45) is 3.74. The molecule has 0 spiro atoms. The predicted molar refractivity (Wildman–Crippen MR) is 115 cm³/mol. The third-order valence-electron chi connectivity index (χ3n) is 5.17. The lowest BCUT2D eigenvalue weighted by atomic mass is 9.96. The Morgan fingerprint density at radius 3 is 2.12 bits per heavy atom. The van der Waals surface area contributed by atoms with Crippen LogP contribution in [0, 0.1) is 11.8 Å². The van der Waals surface area contributed by atoms with Crippen LogP contribution in [-0.2, 0) is 25.6 Å². The van der Waals surface area contributed by atoms with Crippen molar-refractivity contribution in [3.05, 3.63) is 18.2 Å². The van der Waals surface area contributed by atoms with E-state index < -0.39 is 54.5 Å². The van der Waals surface area contributed by atoms with E-state index in [1.807, 2.05) is 6.92 Å². The first-order valence-electron chi connectivity index (χ1n) is 10.5. The molecule has 0 aliphatic rings. The van der Waals surface area contributed by atoms with E-state index in [4.69, 9.17) is 15.9 Å². The number of carboxylic acids is 1. The van der Waals surface area contributed by atoms with E-state index in [0.29, 0.717) is 12.1 Å². The van der Waals surface area contributed by atoms with Crippen LogP contribution < -0.4 is 21.7 Å². The third-order valence-corrected chi connectivity index (χ3v) is 5.17. The van der Waals surface area contributed by atoms with Gasteiger partial charge in [-0.05, 0) is 11.8 Å². The number of nitrogens with one attached hydrogen (secondary N) is 4. The highest BCUT2D eigenvalue weighted by atomic mass is 16.4. The van der Waals surface area contributed by atoms with Crippen molar-refractivity contribution in [2.45, 2.75) is 64.7 Å². The van der Waals surface area contributed by atoms with Gasteiger partial charge in [0.15, 0.2) is 0 Å². The lowest BCUT2D eigenvalue weighted by molar-refractivity contribution is -0.143. The van der Waals surface area contributed by atoms with Gasteiger partial charge in [-0.15, -0.1) is 0 Å². The second kappa shape index (κ2) is 12.8. The number of nitrogens with two attached hydrogens (primary N) is 1. The van der Waals surface area contributed by atoms with Crippen LogP contribution in [0.15, 0.2) is 12.5 Å². The molecular weight excluding hydrogens is 420 g/mol. The van der Waals surface area contributed by atoms with Crippen LogP contribution in [0.5, 0.6) is 0 Å². The van der Waals surface area contributed by atoms with Crippen molar-refractivity contribution in [2.24, 2.45) is 17.6 Å². The van der Waals surface area contributed by atoms with Gasteiger partial charge in [-0.3, -0.25) is 14.4 Å². The Labute approximate surface area is 186 Å². The van der Waals surface area contributed by atoms with Crippen molar-refractivity contribution in [1.82, 2.24) is 25.9 Å². The zero-order valence-corrected chi connectivity index (χ0v) is 18.8. The summed E-state index contributed by atoms with van der Waals surface area (Å²) in [4.78, 5) is 56.0. The Hall–Kier alpha value is -2.99. The molecule has 0 aliphatic carbocycles. The number of H-pyrrole nitrogens is 1. The maximum atomic E-state index is 13.0. The number of carbonyl (C=O) groups is 4. The van der Waals surface area contributed by atoms with E-state index in [-0.39, 0.29) is 18.3 Å². The third kappa shape index (κ3) is 7.93. The van der Waals surface area contributed by atoms with Gasteiger partial charge in [0.1, 0.15) is 18.1 Å². The van der Waals surface area contributed by atoms with E-state index in [0.717, 1.165) is 0 Å². The zero-order chi connectivity index (χ0) is 24.4. The first-order valence-corrected chi connectivity index (χ1v) is 10.5. The Balaban J connectivity index is 2.89. The number of imidazole rings is 1. The minimum atomic E-state index is -1.49. The normalized spacial score (nSPS) is 15.8. The van der Waals surface area contributed by atoms with Crippen LogP contribution in [0.4, 0.5) is 0 Å². The molecular formula is C20H34N6O6. The van der Waals surface area contributed by atoms with Crippen molar-refractivity contribution in [2.75, 3.05) is 6.61 Å². The van der Waals surface area contributed by atoms with Crippen molar-refractivity contribution in [1.29, 1.82) is 0 Å². The van der Waals surface area contributed by atoms with Crippen LogP contribution in [0.2, 0.25) is 0 Å². The number of hydrogen-bond donors (Lipinski definition) is 7. The SMILES string of the molecule is CCC(C)C(NC(=O)C(NC(=O)C(N)Cc1cnc[nH]1)C(C)C)C(=O)NC(CO)C(=O)O. The number of hydrogen-bond acceptors (Lipinski definition) is 7. The number of aliphatic hydroxyl groups excluding tert-OH is 1. The van der Waals surface area contributed by atoms with E-state index in [2.05, 4.69) is 25.9 Å². The van der Waals surface area contributed by atoms with E-state index in [1.165, 1.54) is 6.33 Å². The number of carbonyl (C=O) groups excluding carboxylic acids is 3. The van der Waals surface area contributed by atoms with Gasteiger partial charge >= 0.3 is 5.97 Å². The van der Waals surface area contributed by atoms with E-state index >= 15 is 0 Å². The van der Waals surface area contributed by atoms with Crippen molar-refractivity contribution >= 4 is 23.7 Å². The number of aliphatic hydroxyl groups is 1. The molecule has 12 nitrogen and oxygen atoms in total. The number of aromatic amines is 1. The number of nitrogens with zero attached hydrogens (tertiary/aromatic N) is 1. The molecule has 0 radical (unpaired) electrons. The molecule has 8 N–H and O–H groups in total. The summed E-state index contributed by atoms with van der Waals surface area (Å²) in [6.45, 7) is 6.21. The summed E-state index contributed by atoms with van der Waals surface area (Å²) in [6, 6.07) is -4.44. The van der Waals surface area contributed by atoms with Gasteiger partial charge in [0, 0.05) is 18.3 Å². The van der Waals surface area contributed by atoms with Gasteiger partial charge in [-0.1, -0.05) is 34.1 Å². The molecule has 1 rings (SSSR count). The second-order valence-corrected chi connectivity index (χ2v) is 8.07. The lowest BCUT2D eigenvalue weighted by Gasteiger charge is -2.29. The fraction of sp³-hybridized carbons (Fsp3) is 0.650. The topological polar surface area (TPSA) is 200 Å². The summed E-state index contributed by atoms with van der Waals surface area (Å²) in [7, 11) is 0. The van der Waals surface area contributed by atoms with Crippen molar-refractivity contribution in [3.8, 4) is 0 Å². The van der Waals surface area contributed by atoms with Crippen LogP contribution in [0.1, 0.15) is 39.8 Å². The highest BCUT2D eigenvalue weighted by Gasteiger charge is 2.33. The van der Waals surface area contributed by atoms with Crippen molar-refractivity contribution in [3.63, 3.8) is 0 Å². The maximum Gasteiger partial charge on any atom is 0.328 e. The minimum Gasteiger partial charge on any atom is -0.480 e. The van der Waals surface area contributed by atoms with Gasteiger partial charge in [0.25, 0.3) is 0 Å². The smallest absolute Gasteiger partial charge is 0.328 e. The number of amides is 3. The maximum absolute atomic E-state index is 13.0. The van der Waals surface area contributed by atoms with Gasteiger partial charge in [-0.25, -0.2) is 9.78 Å². The van der Waals surface area contributed by atoms with Gasteiger partial charge in [-0.2, -0.15) is 0 Å². The molecule has 180 valence electrons. The van der Waals surface area contributed by atoms with Gasteiger partial charge in [0.05, 0.1) is 19.0 Å². The Morgan fingerprint density at radius 2 is 1.66 bits per heavy atom. The largest absolute Gasteiger partial charge is 0.480 e. The summed E-state index contributed by atoms with van der Waals surface area (Å²) >= 11 is 0. The molecule has 1 aromatic heterocycles. The lowest BCUT2D eigenvalue weighted by Crippen LogP contribution is -2.60. The molecule has 0 bridgehead atoms. The number of aromatic nitrogens is 2. The van der Waals surface area contributed by atoms with Crippen LogP contribution in [0.3, 0.4) is 0 Å². The molecule has 32 heavy (non-hydrogen) atoms. The quantitative estimate of drug-likeness (QED) is 0.187. The Bertz CT molecular complexity index is 769. The standard InChI is InChI=1S/C20H34N6O6/c1-5-11(4)16(19(30)24-14(8-27)20(31)32)26-18(29)15(10(2)3)25-17(28)13(21)6-12-7-22-9-23-12/h7,9-11,13-16,27H,5-6,8,21H2,1-4H3,(H,22,23)(H,24,30)(H,25,28)(H,26,29)(H,31,32). The van der Waals surface area contributed by atoms with E-state index in [9.17, 15) is 19.2 Å². The van der Waals surface area contributed by atoms with Crippen LogP contribution in [-0.4, -0.2) is 74.6 Å². The highest BCUT2D eigenvalue weighted by Crippen LogP contribution is 2.11.